The lowest BCUT2D eigenvalue weighted by molar-refractivity contribution is -0.141. The molecule has 1 aromatic heterocycles. The minimum atomic E-state index is -4.51. The lowest BCUT2D eigenvalue weighted by atomic mass is 9.69. The number of nitrogens with one attached hydrogen (secondary N) is 1. The number of alkyl halides is 3. The molecule has 174 valence electrons. The van der Waals surface area contributed by atoms with Crippen LogP contribution in [0.4, 0.5) is 23.2 Å². The van der Waals surface area contributed by atoms with Gasteiger partial charge < -0.3 is 10.0 Å². The molecule has 1 aliphatic heterocycles. The Labute approximate surface area is 185 Å². The van der Waals surface area contributed by atoms with E-state index in [2.05, 4.69) is 15.2 Å². The van der Waals surface area contributed by atoms with Gasteiger partial charge >= 0.3 is 6.18 Å². The molecule has 2 aliphatic rings. The molecule has 5 nitrogen and oxygen atoms in total. The zero-order valence-corrected chi connectivity index (χ0v) is 18.4. The Morgan fingerprint density at radius 1 is 1.16 bits per heavy atom. The Kier molecular flexibility index (Phi) is 5.71. The number of aliphatic hydroxyl groups is 1. The predicted octanol–water partition coefficient (Wildman–Crippen LogP) is 4.00. The first kappa shape index (κ1) is 22.9. The van der Waals surface area contributed by atoms with Gasteiger partial charge in [-0.3, -0.25) is 10.2 Å². The van der Waals surface area contributed by atoms with E-state index in [4.69, 9.17) is 0 Å². The zero-order valence-electron chi connectivity index (χ0n) is 18.4. The minimum absolute atomic E-state index is 0.269. The van der Waals surface area contributed by atoms with E-state index in [1.807, 2.05) is 20.2 Å². The van der Waals surface area contributed by atoms with Crippen molar-refractivity contribution in [2.24, 2.45) is 0 Å². The number of hydrogen-bond donors (Lipinski definition) is 2. The van der Waals surface area contributed by atoms with E-state index in [1.165, 1.54) is 12.3 Å². The van der Waals surface area contributed by atoms with Gasteiger partial charge in [0.1, 0.15) is 11.5 Å². The van der Waals surface area contributed by atoms with E-state index in [-0.39, 0.29) is 16.9 Å². The number of rotatable bonds is 3. The zero-order chi connectivity index (χ0) is 23.3. The van der Waals surface area contributed by atoms with Crippen molar-refractivity contribution in [2.75, 3.05) is 25.5 Å². The van der Waals surface area contributed by atoms with Gasteiger partial charge in [-0.05, 0) is 76.0 Å². The van der Waals surface area contributed by atoms with Gasteiger partial charge in [-0.25, -0.2) is 9.37 Å². The lowest BCUT2D eigenvalue weighted by Crippen LogP contribution is -2.54. The van der Waals surface area contributed by atoms with Crippen molar-refractivity contribution in [3.63, 3.8) is 0 Å². The van der Waals surface area contributed by atoms with Crippen LogP contribution < -0.4 is 10.2 Å². The molecule has 0 amide bonds. The van der Waals surface area contributed by atoms with Crippen molar-refractivity contribution in [1.29, 1.82) is 0 Å². The number of anilines is 1. The molecule has 2 N–H and O–H groups in total. The van der Waals surface area contributed by atoms with E-state index in [1.54, 1.807) is 24.0 Å². The average Bonchev–Trinajstić information content (AvgIpc) is 3.03. The van der Waals surface area contributed by atoms with E-state index < -0.39 is 18.2 Å². The number of aryl methyl sites for hydroxylation is 1. The van der Waals surface area contributed by atoms with E-state index in [0.29, 0.717) is 17.8 Å². The standard InChI is InChI=1S/C23H28F4N4O/c1-15-11-19(23(25,26)27)28-13-18(15)31-14-21(29-20(31)32)7-9-22(10-8-21,30(2)3)16-5-4-6-17(24)12-16/h4-6,11-13,20,29,32H,7-10,14H2,1-3H3/t20?,21-,22+. The highest BCUT2D eigenvalue weighted by atomic mass is 19.4. The molecule has 2 fully saturated rings. The average molecular weight is 452 g/mol. The highest BCUT2D eigenvalue weighted by Gasteiger charge is 2.50. The topological polar surface area (TPSA) is 51.6 Å². The number of aromatic nitrogens is 1. The molecule has 4 rings (SSSR count). The second-order valence-corrected chi connectivity index (χ2v) is 9.22. The summed E-state index contributed by atoms with van der Waals surface area (Å²) in [5, 5.41) is 14.0. The van der Waals surface area contributed by atoms with Gasteiger partial charge in [0.2, 0.25) is 0 Å². The summed E-state index contributed by atoms with van der Waals surface area (Å²) in [7, 11) is 3.98. The minimum Gasteiger partial charge on any atom is -0.361 e. The summed E-state index contributed by atoms with van der Waals surface area (Å²) in [6.45, 7) is 2.04. The van der Waals surface area contributed by atoms with Crippen LogP contribution in [-0.4, -0.2) is 47.5 Å². The maximum absolute atomic E-state index is 13.9. The number of halogens is 4. The summed E-state index contributed by atoms with van der Waals surface area (Å²) in [5.41, 5.74) is 0.155. The molecule has 1 unspecified atom stereocenters. The molecule has 1 atom stereocenters. The van der Waals surface area contributed by atoms with Gasteiger partial charge in [-0.1, -0.05) is 12.1 Å². The summed E-state index contributed by atoms with van der Waals surface area (Å²) >= 11 is 0. The van der Waals surface area contributed by atoms with Crippen molar-refractivity contribution >= 4 is 5.69 Å². The summed E-state index contributed by atoms with van der Waals surface area (Å²) in [6, 6.07) is 7.69. The van der Waals surface area contributed by atoms with E-state index in [0.717, 1.165) is 37.3 Å². The number of benzene rings is 1. The first-order valence-electron chi connectivity index (χ1n) is 10.7. The normalized spacial score (nSPS) is 28.7. The summed E-state index contributed by atoms with van der Waals surface area (Å²) in [4.78, 5) is 7.37. The molecule has 1 saturated heterocycles. The monoisotopic (exact) mass is 452 g/mol. The molecule has 0 radical (unpaired) electrons. The summed E-state index contributed by atoms with van der Waals surface area (Å²) in [6.07, 6.45) is -1.40. The number of nitrogens with zero attached hydrogens (tertiary/aromatic N) is 3. The third-order valence-corrected chi connectivity index (χ3v) is 7.14. The van der Waals surface area contributed by atoms with Crippen LogP contribution in [0.2, 0.25) is 0 Å². The molecule has 1 aromatic carbocycles. The van der Waals surface area contributed by atoms with Gasteiger partial charge in [0.25, 0.3) is 0 Å². The van der Waals surface area contributed by atoms with Crippen LogP contribution in [0.5, 0.6) is 0 Å². The Hall–Kier alpha value is -2.23. The third kappa shape index (κ3) is 3.97. The molecule has 32 heavy (non-hydrogen) atoms. The largest absolute Gasteiger partial charge is 0.433 e. The van der Waals surface area contributed by atoms with Crippen molar-refractivity contribution in [3.8, 4) is 0 Å². The number of pyridine rings is 1. The second kappa shape index (κ2) is 7.97. The Morgan fingerprint density at radius 3 is 2.41 bits per heavy atom. The molecule has 2 aromatic rings. The number of hydrogen-bond acceptors (Lipinski definition) is 5. The lowest BCUT2D eigenvalue weighted by Gasteiger charge is -2.49. The van der Waals surface area contributed by atoms with Crippen LogP contribution in [0.15, 0.2) is 36.5 Å². The van der Waals surface area contributed by atoms with Crippen LogP contribution in [0.3, 0.4) is 0 Å². The molecule has 1 spiro atoms. The van der Waals surface area contributed by atoms with E-state index in [9.17, 15) is 22.7 Å². The molecule has 9 heteroatoms. The maximum atomic E-state index is 13.9. The van der Waals surface area contributed by atoms with E-state index >= 15 is 0 Å². The highest BCUT2D eigenvalue weighted by molar-refractivity contribution is 5.54. The molecular formula is C23H28F4N4O. The fourth-order valence-electron chi connectivity index (χ4n) is 5.25. The number of aliphatic hydroxyl groups excluding tert-OH is 1. The molecule has 2 heterocycles. The van der Waals surface area contributed by atoms with Crippen LogP contribution in [-0.2, 0) is 11.7 Å². The second-order valence-electron chi connectivity index (χ2n) is 9.22. The van der Waals surface area contributed by atoms with Gasteiger partial charge in [0.05, 0.1) is 11.9 Å². The fraction of sp³-hybridized carbons (Fsp3) is 0.522. The maximum Gasteiger partial charge on any atom is 0.433 e. The quantitative estimate of drug-likeness (QED) is 0.690. The van der Waals surface area contributed by atoms with Crippen LogP contribution in [0, 0.1) is 12.7 Å². The Bertz CT molecular complexity index is 986. The van der Waals surface area contributed by atoms with Gasteiger partial charge in [-0.2, -0.15) is 13.2 Å². The summed E-state index contributed by atoms with van der Waals surface area (Å²) < 4.78 is 52.9. The molecule has 0 bridgehead atoms. The van der Waals surface area contributed by atoms with Gasteiger partial charge in [-0.15, -0.1) is 0 Å². The van der Waals surface area contributed by atoms with Crippen molar-refractivity contribution in [1.82, 2.24) is 15.2 Å². The predicted molar refractivity (Wildman–Crippen MR) is 113 cm³/mol. The molecule has 1 saturated carbocycles. The highest BCUT2D eigenvalue weighted by Crippen LogP contribution is 2.47. The molecule has 1 aliphatic carbocycles. The fourth-order valence-corrected chi connectivity index (χ4v) is 5.25. The van der Waals surface area contributed by atoms with Crippen molar-refractivity contribution in [2.45, 2.75) is 56.2 Å². The first-order chi connectivity index (χ1) is 15.0. The van der Waals surface area contributed by atoms with Crippen LogP contribution in [0.1, 0.15) is 42.5 Å². The van der Waals surface area contributed by atoms with Crippen molar-refractivity contribution in [3.05, 3.63) is 59.2 Å². The Balaban J connectivity index is 1.55. The van der Waals surface area contributed by atoms with Gasteiger partial charge in [0, 0.05) is 17.6 Å². The molecular weight excluding hydrogens is 424 g/mol. The van der Waals surface area contributed by atoms with Crippen LogP contribution >= 0.6 is 0 Å². The van der Waals surface area contributed by atoms with Gasteiger partial charge in [0.15, 0.2) is 6.35 Å². The van der Waals surface area contributed by atoms with Crippen LogP contribution in [0.25, 0.3) is 0 Å². The smallest absolute Gasteiger partial charge is 0.361 e. The third-order valence-electron chi connectivity index (χ3n) is 7.14. The first-order valence-corrected chi connectivity index (χ1v) is 10.7. The SMILES string of the molecule is Cc1cc(C(F)(F)F)ncc1N1C[C@]2(CC[C@](c3cccc(F)c3)(N(C)C)CC2)NC1O. The van der Waals surface area contributed by atoms with Crippen molar-refractivity contribution < 1.29 is 22.7 Å². The Morgan fingerprint density at radius 2 is 1.84 bits per heavy atom. The summed E-state index contributed by atoms with van der Waals surface area (Å²) in [5.74, 6) is -0.269.